The third-order valence-corrected chi connectivity index (χ3v) is 5.82. The average molecular weight is 379 g/mol. The molecule has 1 aliphatic heterocycles. The molecule has 3 heteroatoms. The summed E-state index contributed by atoms with van der Waals surface area (Å²) in [5.74, 6) is 0. The highest BCUT2D eigenvalue weighted by Gasteiger charge is 2.10. The Hall–Kier alpha value is -2.13. The molecule has 0 aromatic heterocycles. The first kappa shape index (κ1) is 20.6. The molecule has 0 spiro atoms. The Kier molecular flexibility index (Phi) is 8.57. The number of benzene rings is 2. The number of unbranched alkanes of at least 4 members (excludes halogenated alkanes) is 1. The number of oxime groups is 1. The number of aryl methyl sites for hydroxylation is 2. The summed E-state index contributed by atoms with van der Waals surface area (Å²) in [4.78, 5) is 2.63. The van der Waals surface area contributed by atoms with Crippen molar-refractivity contribution >= 4 is 5.71 Å². The molecule has 0 amide bonds. The van der Waals surface area contributed by atoms with Gasteiger partial charge in [0, 0.05) is 0 Å². The topological polar surface area (TPSA) is 35.8 Å². The van der Waals surface area contributed by atoms with Crippen molar-refractivity contribution in [3.8, 4) is 0 Å². The maximum atomic E-state index is 9.33. The third-order valence-electron chi connectivity index (χ3n) is 5.82. The fourth-order valence-electron chi connectivity index (χ4n) is 4.21. The van der Waals surface area contributed by atoms with Crippen molar-refractivity contribution < 1.29 is 5.21 Å². The van der Waals surface area contributed by atoms with Crippen LogP contribution in [0.15, 0.2) is 59.8 Å². The molecular formula is C25H34N2O. The molecule has 0 bridgehead atoms. The third kappa shape index (κ3) is 6.49. The lowest BCUT2D eigenvalue weighted by molar-refractivity contribution is 0.226. The SMILES string of the molecule is ON=C(CCCCc1ccccc1CCCN1CCCCC1)c1ccccc1. The van der Waals surface area contributed by atoms with Crippen LogP contribution in [-0.4, -0.2) is 35.5 Å². The predicted molar refractivity (Wildman–Crippen MR) is 117 cm³/mol. The van der Waals surface area contributed by atoms with Gasteiger partial charge in [0.15, 0.2) is 0 Å². The highest BCUT2D eigenvalue weighted by molar-refractivity contribution is 6.00. The molecule has 3 nitrogen and oxygen atoms in total. The van der Waals surface area contributed by atoms with Gasteiger partial charge in [-0.2, -0.15) is 0 Å². The van der Waals surface area contributed by atoms with Crippen LogP contribution in [-0.2, 0) is 12.8 Å². The lowest BCUT2D eigenvalue weighted by Crippen LogP contribution is -2.30. The van der Waals surface area contributed by atoms with Crippen molar-refractivity contribution in [1.82, 2.24) is 4.90 Å². The average Bonchev–Trinajstić information content (AvgIpc) is 2.76. The van der Waals surface area contributed by atoms with Crippen LogP contribution < -0.4 is 0 Å². The minimum absolute atomic E-state index is 0.787. The van der Waals surface area contributed by atoms with Crippen molar-refractivity contribution in [2.24, 2.45) is 5.16 Å². The number of hydrogen-bond donors (Lipinski definition) is 1. The van der Waals surface area contributed by atoms with Gasteiger partial charge < -0.3 is 10.1 Å². The van der Waals surface area contributed by atoms with Crippen LogP contribution in [0.1, 0.15) is 61.6 Å². The van der Waals surface area contributed by atoms with E-state index >= 15 is 0 Å². The van der Waals surface area contributed by atoms with Gasteiger partial charge in [0.1, 0.15) is 0 Å². The zero-order valence-electron chi connectivity index (χ0n) is 17.0. The Labute approximate surface area is 170 Å². The smallest absolute Gasteiger partial charge is 0.0867 e. The summed E-state index contributed by atoms with van der Waals surface area (Å²) in [7, 11) is 0. The van der Waals surface area contributed by atoms with Gasteiger partial charge in [-0.15, -0.1) is 0 Å². The van der Waals surface area contributed by atoms with E-state index in [0.29, 0.717) is 0 Å². The first-order chi connectivity index (χ1) is 13.9. The summed E-state index contributed by atoms with van der Waals surface area (Å²) in [5, 5.41) is 12.8. The van der Waals surface area contributed by atoms with Crippen molar-refractivity contribution in [1.29, 1.82) is 0 Å². The fourth-order valence-corrected chi connectivity index (χ4v) is 4.21. The van der Waals surface area contributed by atoms with Gasteiger partial charge in [0.2, 0.25) is 0 Å². The second kappa shape index (κ2) is 11.7. The molecular weight excluding hydrogens is 344 g/mol. The molecule has 1 fully saturated rings. The van der Waals surface area contributed by atoms with Crippen molar-refractivity contribution in [3.63, 3.8) is 0 Å². The Balaban J connectivity index is 1.43. The Morgan fingerprint density at radius 1 is 0.786 bits per heavy atom. The van der Waals surface area contributed by atoms with E-state index in [1.54, 1.807) is 0 Å². The molecule has 150 valence electrons. The fraction of sp³-hybridized carbons (Fsp3) is 0.480. The largest absolute Gasteiger partial charge is 0.411 e. The van der Waals surface area contributed by atoms with E-state index in [4.69, 9.17) is 0 Å². The zero-order chi connectivity index (χ0) is 19.4. The van der Waals surface area contributed by atoms with Crippen molar-refractivity contribution in [3.05, 3.63) is 71.3 Å². The van der Waals surface area contributed by atoms with Gasteiger partial charge >= 0.3 is 0 Å². The monoisotopic (exact) mass is 378 g/mol. The lowest BCUT2D eigenvalue weighted by atomic mass is 9.96. The minimum atomic E-state index is 0.787. The predicted octanol–water partition coefficient (Wildman–Crippen LogP) is 5.70. The lowest BCUT2D eigenvalue weighted by Gasteiger charge is -2.26. The second-order valence-corrected chi connectivity index (χ2v) is 7.89. The molecule has 3 rings (SSSR count). The molecule has 1 aliphatic rings. The van der Waals surface area contributed by atoms with Gasteiger partial charge in [-0.25, -0.2) is 0 Å². The van der Waals surface area contributed by atoms with Gasteiger partial charge in [0.25, 0.3) is 0 Å². The van der Waals surface area contributed by atoms with Crippen LogP contribution in [0, 0.1) is 0 Å². The summed E-state index contributed by atoms with van der Waals surface area (Å²) in [6.07, 6.45) is 10.7. The maximum Gasteiger partial charge on any atom is 0.0867 e. The van der Waals surface area contributed by atoms with E-state index < -0.39 is 0 Å². The van der Waals surface area contributed by atoms with E-state index in [0.717, 1.165) is 37.0 Å². The highest BCUT2D eigenvalue weighted by atomic mass is 16.4. The molecule has 0 atom stereocenters. The first-order valence-electron chi connectivity index (χ1n) is 10.9. The van der Waals surface area contributed by atoms with E-state index in [1.807, 2.05) is 30.3 Å². The van der Waals surface area contributed by atoms with Gasteiger partial charge in [-0.1, -0.05) is 66.2 Å². The Morgan fingerprint density at radius 3 is 2.11 bits per heavy atom. The van der Waals surface area contributed by atoms with Crippen LogP contribution in [0.4, 0.5) is 0 Å². The number of nitrogens with zero attached hydrogens (tertiary/aromatic N) is 2. The van der Waals surface area contributed by atoms with Crippen molar-refractivity contribution in [2.75, 3.05) is 19.6 Å². The molecule has 1 saturated heterocycles. The standard InChI is InChI=1S/C25H34N2O/c28-26-25(24-15-3-1-4-16-24)18-8-7-14-22-12-5-6-13-23(22)17-11-21-27-19-9-2-10-20-27/h1,3-6,12-13,15-16,28H,2,7-11,14,17-21H2. The molecule has 0 saturated carbocycles. The summed E-state index contributed by atoms with van der Waals surface area (Å²) in [6.45, 7) is 3.82. The Bertz CT molecular complexity index is 720. The Morgan fingerprint density at radius 2 is 1.43 bits per heavy atom. The molecule has 1 heterocycles. The zero-order valence-corrected chi connectivity index (χ0v) is 17.0. The van der Waals surface area contributed by atoms with Gasteiger partial charge in [0.05, 0.1) is 5.71 Å². The molecule has 28 heavy (non-hydrogen) atoms. The van der Waals surface area contributed by atoms with E-state index in [-0.39, 0.29) is 0 Å². The molecule has 0 unspecified atom stereocenters. The van der Waals surface area contributed by atoms with Crippen LogP contribution in [0.2, 0.25) is 0 Å². The number of hydrogen-bond acceptors (Lipinski definition) is 3. The second-order valence-electron chi connectivity index (χ2n) is 7.89. The number of likely N-dealkylation sites (tertiary alicyclic amines) is 1. The summed E-state index contributed by atoms with van der Waals surface area (Å²) >= 11 is 0. The normalized spacial score (nSPS) is 15.6. The highest BCUT2D eigenvalue weighted by Crippen LogP contribution is 2.17. The van der Waals surface area contributed by atoms with Crippen LogP contribution >= 0.6 is 0 Å². The summed E-state index contributed by atoms with van der Waals surface area (Å²) < 4.78 is 0. The quantitative estimate of drug-likeness (QED) is 0.249. The van der Waals surface area contributed by atoms with Crippen LogP contribution in [0.25, 0.3) is 0 Å². The van der Waals surface area contributed by atoms with Crippen LogP contribution in [0.3, 0.4) is 0 Å². The van der Waals surface area contributed by atoms with E-state index in [1.165, 1.54) is 62.9 Å². The van der Waals surface area contributed by atoms with Gasteiger partial charge in [-0.3, -0.25) is 0 Å². The number of piperidine rings is 1. The van der Waals surface area contributed by atoms with E-state index in [9.17, 15) is 5.21 Å². The number of rotatable bonds is 10. The van der Waals surface area contributed by atoms with Crippen molar-refractivity contribution in [2.45, 2.75) is 57.8 Å². The van der Waals surface area contributed by atoms with Gasteiger partial charge in [-0.05, 0) is 87.7 Å². The molecule has 2 aromatic rings. The minimum Gasteiger partial charge on any atom is -0.411 e. The molecule has 0 aliphatic carbocycles. The van der Waals surface area contributed by atoms with E-state index in [2.05, 4.69) is 34.3 Å². The summed E-state index contributed by atoms with van der Waals surface area (Å²) in [6, 6.07) is 18.9. The first-order valence-corrected chi connectivity index (χ1v) is 10.9. The summed E-state index contributed by atoms with van der Waals surface area (Å²) in [5.41, 5.74) is 4.81. The molecule has 1 N–H and O–H groups in total. The molecule has 0 radical (unpaired) electrons. The maximum absolute atomic E-state index is 9.33. The van der Waals surface area contributed by atoms with Crippen LogP contribution in [0.5, 0.6) is 0 Å². The molecule has 2 aromatic carbocycles.